The molecule has 0 saturated heterocycles. The number of fused-ring (bicyclic) bond motifs is 1. The minimum atomic E-state index is -0.211. The van der Waals surface area contributed by atoms with Gasteiger partial charge in [0.15, 0.2) is 5.65 Å². The molecule has 2 aromatic heterocycles. The first-order chi connectivity index (χ1) is 12.1. The molecule has 8 heteroatoms. The maximum Gasteiger partial charge on any atom is 0.252 e. The fourth-order valence-corrected chi connectivity index (χ4v) is 3.25. The summed E-state index contributed by atoms with van der Waals surface area (Å²) >= 11 is 0. The van der Waals surface area contributed by atoms with Crippen LogP contribution in [0, 0.1) is 12.8 Å². The van der Waals surface area contributed by atoms with E-state index in [0.717, 1.165) is 22.4 Å². The largest absolute Gasteiger partial charge is 0.350 e. The van der Waals surface area contributed by atoms with Crippen molar-refractivity contribution in [3.63, 3.8) is 0 Å². The van der Waals surface area contributed by atoms with E-state index in [0.29, 0.717) is 18.0 Å². The predicted molar refractivity (Wildman–Crippen MR) is 119 cm³/mol. The molecule has 6 nitrogen and oxygen atoms in total. The molecular formula is C20H33Cl2N5O. The minimum Gasteiger partial charge on any atom is -0.350 e. The Morgan fingerprint density at radius 2 is 1.93 bits per heavy atom. The molecule has 1 aliphatic rings. The monoisotopic (exact) mass is 429 g/mol. The Labute approximate surface area is 179 Å². The Bertz CT molecular complexity index is 837. The van der Waals surface area contributed by atoms with Crippen molar-refractivity contribution in [2.45, 2.75) is 71.9 Å². The smallest absolute Gasteiger partial charge is 0.252 e. The topological polar surface area (TPSA) is 85.8 Å². The second kappa shape index (κ2) is 8.97. The fourth-order valence-electron chi connectivity index (χ4n) is 3.25. The Morgan fingerprint density at radius 3 is 2.43 bits per heavy atom. The van der Waals surface area contributed by atoms with Gasteiger partial charge >= 0.3 is 0 Å². The molecule has 158 valence electrons. The second-order valence-electron chi connectivity index (χ2n) is 8.83. The number of hydrogen-bond acceptors (Lipinski definition) is 4. The van der Waals surface area contributed by atoms with Gasteiger partial charge in [-0.15, -0.1) is 24.8 Å². The van der Waals surface area contributed by atoms with E-state index < -0.39 is 0 Å². The van der Waals surface area contributed by atoms with Crippen molar-refractivity contribution in [3.8, 4) is 0 Å². The van der Waals surface area contributed by atoms with Crippen LogP contribution in [0.25, 0.3) is 11.0 Å². The molecule has 1 amide bonds. The van der Waals surface area contributed by atoms with E-state index in [9.17, 15) is 4.79 Å². The maximum absolute atomic E-state index is 13.0. The number of nitrogens with zero attached hydrogens (tertiary/aromatic N) is 3. The average molecular weight is 430 g/mol. The van der Waals surface area contributed by atoms with E-state index in [1.54, 1.807) is 0 Å². The molecule has 0 aromatic carbocycles. The van der Waals surface area contributed by atoms with E-state index in [2.05, 4.69) is 45.0 Å². The summed E-state index contributed by atoms with van der Waals surface area (Å²) in [7, 11) is 0. The molecule has 1 unspecified atom stereocenters. The lowest BCUT2D eigenvalue weighted by Gasteiger charge is -2.20. The molecule has 0 bridgehead atoms. The van der Waals surface area contributed by atoms with Crippen LogP contribution in [-0.4, -0.2) is 33.3 Å². The van der Waals surface area contributed by atoms with Gasteiger partial charge in [0.25, 0.3) is 5.91 Å². The predicted octanol–water partition coefficient (Wildman–Crippen LogP) is 3.93. The number of halogens is 2. The Balaban J connectivity index is 0.00000196. The lowest BCUT2D eigenvalue weighted by atomic mass is 10.0. The van der Waals surface area contributed by atoms with Gasteiger partial charge in [-0.05, 0) is 58.4 Å². The highest BCUT2D eigenvalue weighted by Gasteiger charge is 2.29. The lowest BCUT2D eigenvalue weighted by Crippen LogP contribution is -2.38. The van der Waals surface area contributed by atoms with Gasteiger partial charge < -0.3 is 11.1 Å². The van der Waals surface area contributed by atoms with Crippen LogP contribution >= 0.6 is 24.8 Å². The van der Waals surface area contributed by atoms with Crippen LogP contribution in [0.15, 0.2) is 6.07 Å². The molecule has 1 atom stereocenters. The first-order valence-electron chi connectivity index (χ1n) is 9.54. The molecule has 1 aliphatic carbocycles. The van der Waals surface area contributed by atoms with Crippen molar-refractivity contribution in [2.24, 2.45) is 11.7 Å². The SMILES string of the molecule is Cc1nn(C(C)(C)C)c2nc(C(C)C)cc(C(=O)NCC(N)C3CC3)c12.Cl.Cl. The van der Waals surface area contributed by atoms with Gasteiger partial charge in [-0.3, -0.25) is 4.79 Å². The third-order valence-electron chi connectivity index (χ3n) is 5.03. The molecule has 3 rings (SSSR count). The number of carbonyl (C=O) groups excluding carboxylic acids is 1. The quantitative estimate of drug-likeness (QED) is 0.753. The highest BCUT2D eigenvalue weighted by Crippen LogP contribution is 2.31. The van der Waals surface area contributed by atoms with Crippen LogP contribution in [-0.2, 0) is 5.54 Å². The van der Waals surface area contributed by atoms with E-state index in [4.69, 9.17) is 10.7 Å². The summed E-state index contributed by atoms with van der Waals surface area (Å²) in [6.45, 7) is 12.9. The summed E-state index contributed by atoms with van der Waals surface area (Å²) in [6, 6.07) is 1.95. The number of pyridine rings is 1. The van der Waals surface area contributed by atoms with Crippen molar-refractivity contribution in [2.75, 3.05) is 6.54 Å². The van der Waals surface area contributed by atoms with Crippen molar-refractivity contribution < 1.29 is 4.79 Å². The fraction of sp³-hybridized carbons (Fsp3) is 0.650. The van der Waals surface area contributed by atoms with Crippen LogP contribution in [0.1, 0.15) is 75.1 Å². The standard InChI is InChI=1S/C20H31N5O.2ClH/c1-11(2)16-9-14(19(26)22-10-15(21)13-7-8-13)17-12(3)24-25(18(17)23-16)20(4,5)6;;/h9,11,13,15H,7-8,10,21H2,1-6H3,(H,22,26);2*1H. The molecule has 0 spiro atoms. The zero-order valence-corrected chi connectivity index (χ0v) is 19.2. The van der Waals surface area contributed by atoms with Gasteiger partial charge in [-0.25, -0.2) is 9.67 Å². The zero-order chi connectivity index (χ0) is 19.2. The summed E-state index contributed by atoms with van der Waals surface area (Å²) in [5.41, 5.74) is 9.09. The molecule has 1 fully saturated rings. The number of carbonyl (C=O) groups is 1. The molecular weight excluding hydrogens is 397 g/mol. The number of hydrogen-bond donors (Lipinski definition) is 2. The average Bonchev–Trinajstić information content (AvgIpc) is 3.34. The molecule has 0 radical (unpaired) electrons. The van der Waals surface area contributed by atoms with Gasteiger partial charge in [0.2, 0.25) is 0 Å². The van der Waals surface area contributed by atoms with E-state index >= 15 is 0 Å². The number of rotatable bonds is 5. The van der Waals surface area contributed by atoms with Gasteiger partial charge in [0, 0.05) is 18.3 Å². The molecule has 28 heavy (non-hydrogen) atoms. The van der Waals surface area contributed by atoms with Crippen molar-refractivity contribution in [3.05, 3.63) is 23.0 Å². The second-order valence-corrected chi connectivity index (χ2v) is 8.83. The molecule has 2 aromatic rings. The lowest BCUT2D eigenvalue weighted by molar-refractivity contribution is 0.0951. The third-order valence-corrected chi connectivity index (χ3v) is 5.03. The first kappa shape index (κ1) is 24.7. The summed E-state index contributed by atoms with van der Waals surface area (Å²) in [5, 5.41) is 8.55. The molecule has 3 N–H and O–H groups in total. The van der Waals surface area contributed by atoms with Gasteiger partial charge in [-0.2, -0.15) is 5.10 Å². The van der Waals surface area contributed by atoms with Crippen LogP contribution in [0.5, 0.6) is 0 Å². The normalized spacial score (nSPS) is 15.1. The van der Waals surface area contributed by atoms with Crippen LogP contribution in [0.4, 0.5) is 0 Å². The molecule has 1 saturated carbocycles. The van der Waals surface area contributed by atoms with E-state index in [1.807, 2.05) is 17.7 Å². The number of amides is 1. The van der Waals surface area contributed by atoms with Crippen LogP contribution in [0.3, 0.4) is 0 Å². The van der Waals surface area contributed by atoms with Crippen molar-refractivity contribution in [1.29, 1.82) is 0 Å². The van der Waals surface area contributed by atoms with Crippen molar-refractivity contribution in [1.82, 2.24) is 20.1 Å². The van der Waals surface area contributed by atoms with Gasteiger partial charge in [0.1, 0.15) is 0 Å². The summed E-state index contributed by atoms with van der Waals surface area (Å²) in [5.74, 6) is 0.694. The van der Waals surface area contributed by atoms with Gasteiger partial charge in [-0.1, -0.05) is 13.8 Å². The van der Waals surface area contributed by atoms with E-state index in [1.165, 1.54) is 12.8 Å². The van der Waals surface area contributed by atoms with Crippen molar-refractivity contribution >= 4 is 41.8 Å². The van der Waals surface area contributed by atoms with Gasteiger partial charge in [0.05, 0.1) is 22.2 Å². The maximum atomic E-state index is 13.0. The number of nitrogens with two attached hydrogens (primary N) is 1. The highest BCUT2D eigenvalue weighted by molar-refractivity contribution is 6.06. The Morgan fingerprint density at radius 1 is 1.32 bits per heavy atom. The van der Waals surface area contributed by atoms with Crippen LogP contribution < -0.4 is 11.1 Å². The summed E-state index contributed by atoms with van der Waals surface area (Å²) in [4.78, 5) is 17.8. The summed E-state index contributed by atoms with van der Waals surface area (Å²) in [6.07, 6.45) is 2.34. The zero-order valence-electron chi connectivity index (χ0n) is 17.6. The molecule has 0 aliphatic heterocycles. The highest BCUT2D eigenvalue weighted by atomic mass is 35.5. The van der Waals surface area contributed by atoms with Crippen LogP contribution in [0.2, 0.25) is 0 Å². The third kappa shape index (κ3) is 4.97. The Hall–Kier alpha value is -1.37. The van der Waals surface area contributed by atoms with E-state index in [-0.39, 0.29) is 48.2 Å². The number of aryl methyl sites for hydroxylation is 1. The number of nitrogens with one attached hydrogen (secondary N) is 1. The molecule has 2 heterocycles. The Kier molecular flexibility index (Phi) is 7.90. The minimum absolute atomic E-state index is 0. The number of aromatic nitrogens is 3. The first-order valence-corrected chi connectivity index (χ1v) is 9.54. The summed E-state index contributed by atoms with van der Waals surface area (Å²) < 4.78 is 1.93.